The molecule has 23 heavy (non-hydrogen) atoms. The second-order valence-electron chi connectivity index (χ2n) is 6.24. The van der Waals surface area contributed by atoms with Gasteiger partial charge in [-0.25, -0.2) is 4.98 Å². The van der Waals surface area contributed by atoms with Gasteiger partial charge in [0, 0.05) is 17.0 Å². The molecule has 4 heteroatoms. The second-order valence-corrected chi connectivity index (χ2v) is 8.35. The van der Waals surface area contributed by atoms with Crippen molar-refractivity contribution >= 4 is 23.1 Å². The van der Waals surface area contributed by atoms with Gasteiger partial charge in [0.15, 0.2) is 0 Å². The number of aryl methyl sites for hydroxylation is 1. The van der Waals surface area contributed by atoms with Crippen LogP contribution in [0.5, 0.6) is 0 Å². The molecule has 0 aromatic carbocycles. The first-order valence-corrected chi connectivity index (χ1v) is 10.3. The molecule has 0 aliphatic heterocycles. The fraction of sp³-hybridized carbons (Fsp3) is 0.526. The van der Waals surface area contributed by atoms with Crippen molar-refractivity contribution in [3.63, 3.8) is 0 Å². The van der Waals surface area contributed by atoms with Crippen molar-refractivity contribution in [1.82, 2.24) is 9.88 Å². The molecule has 0 aliphatic carbocycles. The van der Waals surface area contributed by atoms with Crippen molar-refractivity contribution < 1.29 is 0 Å². The van der Waals surface area contributed by atoms with E-state index in [4.69, 9.17) is 4.98 Å². The van der Waals surface area contributed by atoms with E-state index in [9.17, 15) is 0 Å². The number of hydrogen-bond donors (Lipinski definition) is 0. The Labute approximate surface area is 149 Å². The molecule has 126 valence electrons. The highest BCUT2D eigenvalue weighted by Crippen LogP contribution is 2.26. The van der Waals surface area contributed by atoms with Crippen LogP contribution in [0.2, 0.25) is 0 Å². The predicted molar refractivity (Wildman–Crippen MR) is 104 cm³/mol. The Morgan fingerprint density at radius 1 is 1.09 bits per heavy atom. The van der Waals surface area contributed by atoms with Gasteiger partial charge in [-0.05, 0) is 69.2 Å². The van der Waals surface area contributed by atoms with Crippen molar-refractivity contribution in [2.45, 2.75) is 44.1 Å². The predicted octanol–water partition coefficient (Wildman–Crippen LogP) is 5.26. The zero-order valence-electron chi connectivity index (χ0n) is 14.5. The van der Waals surface area contributed by atoms with Gasteiger partial charge in [0.05, 0.1) is 5.03 Å². The van der Waals surface area contributed by atoms with E-state index in [2.05, 4.69) is 55.6 Å². The van der Waals surface area contributed by atoms with Gasteiger partial charge in [0.25, 0.3) is 0 Å². The fourth-order valence-electron chi connectivity index (χ4n) is 2.47. The zero-order chi connectivity index (χ0) is 16.5. The Balaban J connectivity index is 1.78. The van der Waals surface area contributed by atoms with Crippen LogP contribution in [-0.2, 0) is 6.42 Å². The summed E-state index contributed by atoms with van der Waals surface area (Å²) in [7, 11) is 4.29. The third kappa shape index (κ3) is 7.06. The summed E-state index contributed by atoms with van der Waals surface area (Å²) in [6, 6.07) is 8.72. The molecule has 0 fully saturated rings. The normalized spacial score (nSPS) is 11.3. The third-order valence-corrected chi connectivity index (χ3v) is 5.76. The van der Waals surface area contributed by atoms with E-state index in [-0.39, 0.29) is 0 Å². The highest BCUT2D eigenvalue weighted by atomic mass is 32.2. The molecule has 0 unspecified atom stereocenters. The van der Waals surface area contributed by atoms with Gasteiger partial charge in [-0.2, -0.15) is 0 Å². The summed E-state index contributed by atoms with van der Waals surface area (Å²) in [4.78, 5) is 8.46. The maximum Gasteiger partial charge on any atom is 0.0998 e. The van der Waals surface area contributed by atoms with Gasteiger partial charge >= 0.3 is 0 Å². The van der Waals surface area contributed by atoms with E-state index in [1.807, 2.05) is 23.1 Å². The number of aromatic nitrogens is 1. The lowest BCUT2D eigenvalue weighted by molar-refractivity contribution is 0.391. The van der Waals surface area contributed by atoms with E-state index < -0.39 is 0 Å². The quantitative estimate of drug-likeness (QED) is 0.430. The van der Waals surface area contributed by atoms with Gasteiger partial charge in [0.2, 0.25) is 0 Å². The number of nitrogens with zero attached hydrogens (tertiary/aromatic N) is 2. The van der Waals surface area contributed by atoms with E-state index >= 15 is 0 Å². The minimum Gasteiger partial charge on any atom is -0.309 e. The van der Waals surface area contributed by atoms with Crippen LogP contribution in [0.25, 0.3) is 0 Å². The molecule has 0 saturated carbocycles. The Morgan fingerprint density at radius 3 is 2.65 bits per heavy atom. The number of hydrogen-bond acceptors (Lipinski definition) is 4. The summed E-state index contributed by atoms with van der Waals surface area (Å²) in [5, 5.41) is 3.38. The average Bonchev–Trinajstić information content (AvgIpc) is 3.01. The number of thioether (sulfide) groups is 1. The zero-order valence-corrected chi connectivity index (χ0v) is 16.2. The topological polar surface area (TPSA) is 16.1 Å². The largest absolute Gasteiger partial charge is 0.309 e. The van der Waals surface area contributed by atoms with Crippen LogP contribution >= 0.6 is 23.1 Å². The summed E-state index contributed by atoms with van der Waals surface area (Å²) in [5.74, 6) is 1.18. The average molecular weight is 349 g/mol. The van der Waals surface area contributed by atoms with Crippen molar-refractivity contribution in [2.75, 3.05) is 26.4 Å². The Kier molecular flexibility index (Phi) is 8.13. The standard InChI is InChI=1S/C19H28N2S2/c1-16-10-11-17(15-18-9-8-14-22-18)19(20-16)23-13-7-5-4-6-12-21(2)3/h8-11,14H,4-7,12-13,15H2,1-3H3. The number of unbranched alkanes of at least 4 members (excludes halogenated alkanes) is 3. The Bertz CT molecular complexity index is 565. The fourth-order valence-corrected chi connectivity index (χ4v) is 4.28. The van der Waals surface area contributed by atoms with Crippen LogP contribution in [0.1, 0.15) is 41.8 Å². The van der Waals surface area contributed by atoms with Crippen molar-refractivity contribution in [3.05, 3.63) is 45.8 Å². The molecule has 2 heterocycles. The molecule has 0 saturated heterocycles. The van der Waals surface area contributed by atoms with Gasteiger partial charge < -0.3 is 4.90 Å². The van der Waals surface area contributed by atoms with Crippen LogP contribution in [0.3, 0.4) is 0 Å². The highest BCUT2D eigenvalue weighted by Gasteiger charge is 2.07. The van der Waals surface area contributed by atoms with Crippen LogP contribution < -0.4 is 0 Å². The molecule has 2 aromatic rings. The maximum atomic E-state index is 4.77. The summed E-state index contributed by atoms with van der Waals surface area (Å²) in [5.41, 5.74) is 2.49. The molecule has 2 aromatic heterocycles. The lowest BCUT2D eigenvalue weighted by Crippen LogP contribution is -2.12. The lowest BCUT2D eigenvalue weighted by atomic mass is 10.2. The molecule has 0 N–H and O–H groups in total. The molecule has 0 amide bonds. The minimum absolute atomic E-state index is 1.01. The SMILES string of the molecule is Cc1ccc(Cc2cccs2)c(SCCCCCCN(C)C)n1. The Hall–Kier alpha value is -0.840. The third-order valence-electron chi connectivity index (χ3n) is 3.76. The van der Waals surface area contributed by atoms with E-state index in [1.54, 1.807) is 0 Å². The van der Waals surface area contributed by atoms with Gasteiger partial charge in [-0.3, -0.25) is 0 Å². The molecule has 2 rings (SSSR count). The Morgan fingerprint density at radius 2 is 1.91 bits per heavy atom. The van der Waals surface area contributed by atoms with Crippen molar-refractivity contribution in [1.29, 1.82) is 0 Å². The van der Waals surface area contributed by atoms with Crippen LogP contribution in [0.15, 0.2) is 34.7 Å². The number of rotatable bonds is 10. The van der Waals surface area contributed by atoms with E-state index in [0.29, 0.717) is 0 Å². The highest BCUT2D eigenvalue weighted by molar-refractivity contribution is 7.99. The molecule has 0 radical (unpaired) electrons. The molecule has 2 nitrogen and oxygen atoms in total. The smallest absolute Gasteiger partial charge is 0.0998 e. The first-order valence-electron chi connectivity index (χ1n) is 8.41. The van der Waals surface area contributed by atoms with Crippen LogP contribution in [0.4, 0.5) is 0 Å². The van der Waals surface area contributed by atoms with Crippen LogP contribution in [-0.4, -0.2) is 36.3 Å². The van der Waals surface area contributed by atoms with Crippen LogP contribution in [0, 0.1) is 6.92 Å². The summed E-state index contributed by atoms with van der Waals surface area (Å²) < 4.78 is 0. The van der Waals surface area contributed by atoms with E-state index in [1.165, 1.54) is 53.4 Å². The molecular formula is C19H28N2S2. The van der Waals surface area contributed by atoms with Crippen molar-refractivity contribution in [3.8, 4) is 0 Å². The second kappa shape index (κ2) is 10.1. The first kappa shape index (κ1) is 18.5. The monoisotopic (exact) mass is 348 g/mol. The summed E-state index contributed by atoms with van der Waals surface area (Å²) in [6.45, 7) is 3.29. The van der Waals surface area contributed by atoms with Gasteiger partial charge in [0.1, 0.15) is 0 Å². The summed E-state index contributed by atoms with van der Waals surface area (Å²) >= 11 is 3.76. The summed E-state index contributed by atoms with van der Waals surface area (Å²) in [6.07, 6.45) is 6.27. The minimum atomic E-state index is 1.01. The molecule has 0 aliphatic rings. The number of thiophene rings is 1. The van der Waals surface area contributed by atoms with Gasteiger partial charge in [-0.15, -0.1) is 23.1 Å². The van der Waals surface area contributed by atoms with Gasteiger partial charge in [-0.1, -0.05) is 25.0 Å². The molecular weight excluding hydrogens is 320 g/mol. The lowest BCUT2D eigenvalue weighted by Gasteiger charge is -2.10. The molecule has 0 atom stereocenters. The molecule has 0 bridgehead atoms. The molecule has 0 spiro atoms. The van der Waals surface area contributed by atoms with E-state index in [0.717, 1.165) is 12.1 Å². The first-order chi connectivity index (χ1) is 11.1. The number of pyridine rings is 1. The maximum absolute atomic E-state index is 4.77. The van der Waals surface area contributed by atoms with Crippen molar-refractivity contribution in [2.24, 2.45) is 0 Å².